The summed E-state index contributed by atoms with van der Waals surface area (Å²) >= 11 is 3.41. The minimum atomic E-state index is -0.420. The second-order valence-corrected chi connectivity index (χ2v) is 5.68. The Kier molecular flexibility index (Phi) is 6.81. The summed E-state index contributed by atoms with van der Waals surface area (Å²) in [4.78, 5) is 11.6. The standard InChI is InChI=1S/C14H21BrN2O3/c1-9(2)20-13-5-4-11(8-12(13)15)17-14(19)16-7-6-10(3)18/h4-5,8-10,18H,6-7H2,1-3H3,(H2,16,17,19)/t10-/m0/s1. The molecule has 0 aliphatic rings. The van der Waals surface area contributed by atoms with E-state index in [9.17, 15) is 4.79 Å². The van der Waals surface area contributed by atoms with Gasteiger partial charge in [-0.15, -0.1) is 0 Å². The van der Waals surface area contributed by atoms with E-state index >= 15 is 0 Å². The quantitative estimate of drug-likeness (QED) is 0.742. The Morgan fingerprint density at radius 2 is 2.10 bits per heavy atom. The average Bonchev–Trinajstić information content (AvgIpc) is 2.31. The van der Waals surface area contributed by atoms with E-state index in [1.165, 1.54) is 0 Å². The van der Waals surface area contributed by atoms with Crippen LogP contribution in [0.15, 0.2) is 22.7 Å². The van der Waals surface area contributed by atoms with Crippen LogP contribution in [0.25, 0.3) is 0 Å². The van der Waals surface area contributed by atoms with Gasteiger partial charge in [-0.2, -0.15) is 0 Å². The second-order valence-electron chi connectivity index (χ2n) is 4.83. The molecule has 0 aromatic heterocycles. The molecule has 112 valence electrons. The molecule has 0 fully saturated rings. The van der Waals surface area contributed by atoms with Crippen molar-refractivity contribution in [3.05, 3.63) is 22.7 Å². The van der Waals surface area contributed by atoms with Crippen molar-refractivity contribution >= 4 is 27.6 Å². The van der Waals surface area contributed by atoms with Gasteiger partial charge in [-0.1, -0.05) is 0 Å². The Morgan fingerprint density at radius 3 is 2.65 bits per heavy atom. The van der Waals surface area contributed by atoms with E-state index in [-0.39, 0.29) is 12.1 Å². The van der Waals surface area contributed by atoms with Gasteiger partial charge in [-0.3, -0.25) is 0 Å². The van der Waals surface area contributed by atoms with Crippen molar-refractivity contribution in [1.29, 1.82) is 0 Å². The number of amides is 2. The van der Waals surface area contributed by atoms with Gasteiger partial charge >= 0.3 is 6.03 Å². The molecule has 3 N–H and O–H groups in total. The Balaban J connectivity index is 2.52. The lowest BCUT2D eigenvalue weighted by Crippen LogP contribution is -2.30. The SMILES string of the molecule is CC(C)Oc1ccc(NC(=O)NCC[C@H](C)O)cc1Br. The fourth-order valence-corrected chi connectivity index (χ4v) is 1.97. The number of benzene rings is 1. The Morgan fingerprint density at radius 1 is 1.40 bits per heavy atom. The van der Waals surface area contributed by atoms with Crippen molar-refractivity contribution in [2.24, 2.45) is 0 Å². The van der Waals surface area contributed by atoms with Crippen LogP contribution in [-0.2, 0) is 0 Å². The lowest BCUT2D eigenvalue weighted by atomic mass is 10.3. The first-order valence-electron chi connectivity index (χ1n) is 6.57. The summed E-state index contributed by atoms with van der Waals surface area (Å²) in [5, 5.41) is 14.5. The van der Waals surface area contributed by atoms with Crippen molar-refractivity contribution in [1.82, 2.24) is 5.32 Å². The average molecular weight is 345 g/mol. The molecule has 0 radical (unpaired) electrons. The van der Waals surface area contributed by atoms with Gasteiger partial charge < -0.3 is 20.5 Å². The number of aliphatic hydroxyl groups is 1. The summed E-state index contributed by atoms with van der Waals surface area (Å²) in [6, 6.07) is 5.06. The predicted molar refractivity (Wildman–Crippen MR) is 83.2 cm³/mol. The van der Waals surface area contributed by atoms with Crippen LogP contribution in [0.4, 0.5) is 10.5 Å². The molecule has 0 aliphatic heterocycles. The topological polar surface area (TPSA) is 70.6 Å². The summed E-state index contributed by atoms with van der Waals surface area (Å²) in [5.41, 5.74) is 0.669. The molecule has 0 bridgehead atoms. The van der Waals surface area contributed by atoms with Crippen molar-refractivity contribution in [2.45, 2.75) is 39.4 Å². The molecule has 0 saturated carbocycles. The van der Waals surface area contributed by atoms with Gasteiger partial charge in [0.15, 0.2) is 0 Å². The van der Waals surface area contributed by atoms with E-state index in [2.05, 4.69) is 26.6 Å². The molecule has 0 heterocycles. The Hall–Kier alpha value is -1.27. The molecular weight excluding hydrogens is 324 g/mol. The molecule has 1 rings (SSSR count). The van der Waals surface area contributed by atoms with E-state index in [1.807, 2.05) is 13.8 Å². The number of halogens is 1. The zero-order chi connectivity index (χ0) is 15.1. The third-order valence-corrected chi connectivity index (χ3v) is 3.02. The highest BCUT2D eigenvalue weighted by atomic mass is 79.9. The van der Waals surface area contributed by atoms with Crippen molar-refractivity contribution < 1.29 is 14.6 Å². The molecule has 2 amide bonds. The first kappa shape index (κ1) is 16.8. The highest BCUT2D eigenvalue weighted by Gasteiger charge is 2.07. The third-order valence-electron chi connectivity index (χ3n) is 2.40. The number of hydrogen-bond acceptors (Lipinski definition) is 3. The molecule has 1 aromatic carbocycles. The van der Waals surface area contributed by atoms with E-state index in [4.69, 9.17) is 9.84 Å². The number of urea groups is 1. The number of carbonyl (C=O) groups is 1. The zero-order valence-electron chi connectivity index (χ0n) is 11.9. The fraction of sp³-hybridized carbons (Fsp3) is 0.500. The number of ether oxygens (including phenoxy) is 1. The van der Waals surface area contributed by atoms with Crippen LogP contribution in [-0.4, -0.2) is 29.9 Å². The number of aliphatic hydroxyl groups excluding tert-OH is 1. The second kappa shape index (κ2) is 8.11. The largest absolute Gasteiger partial charge is 0.490 e. The summed E-state index contributed by atoms with van der Waals surface area (Å²) in [5.74, 6) is 0.736. The van der Waals surface area contributed by atoms with Crippen LogP contribution in [0.3, 0.4) is 0 Å². The highest BCUT2D eigenvalue weighted by Crippen LogP contribution is 2.28. The maximum Gasteiger partial charge on any atom is 0.319 e. The van der Waals surface area contributed by atoms with Gasteiger partial charge in [0, 0.05) is 12.2 Å². The third kappa shape index (κ3) is 6.25. The number of nitrogens with one attached hydrogen (secondary N) is 2. The first-order chi connectivity index (χ1) is 9.38. The lowest BCUT2D eigenvalue weighted by Gasteiger charge is -2.13. The van der Waals surface area contributed by atoms with E-state index in [0.29, 0.717) is 18.7 Å². The van der Waals surface area contributed by atoms with E-state index < -0.39 is 6.10 Å². The summed E-state index contributed by atoms with van der Waals surface area (Å²) in [7, 11) is 0. The maximum atomic E-state index is 11.6. The monoisotopic (exact) mass is 344 g/mol. The van der Waals surface area contributed by atoms with E-state index in [0.717, 1.165) is 10.2 Å². The van der Waals surface area contributed by atoms with Crippen molar-refractivity contribution in [2.75, 3.05) is 11.9 Å². The van der Waals surface area contributed by atoms with Gasteiger partial charge in [0.25, 0.3) is 0 Å². The van der Waals surface area contributed by atoms with Gasteiger partial charge in [0.05, 0.1) is 16.7 Å². The molecule has 1 atom stereocenters. The van der Waals surface area contributed by atoms with Gasteiger partial charge in [-0.25, -0.2) is 4.79 Å². The van der Waals surface area contributed by atoms with Gasteiger partial charge in [0.1, 0.15) is 5.75 Å². The van der Waals surface area contributed by atoms with Crippen LogP contribution >= 0.6 is 15.9 Å². The van der Waals surface area contributed by atoms with E-state index in [1.54, 1.807) is 25.1 Å². The molecule has 6 heteroatoms. The van der Waals surface area contributed by atoms with Crippen LogP contribution in [0.1, 0.15) is 27.2 Å². The predicted octanol–water partition coefficient (Wildman–Crippen LogP) is 3.13. The molecule has 1 aromatic rings. The molecule has 0 saturated heterocycles. The van der Waals surface area contributed by atoms with Crippen LogP contribution in [0, 0.1) is 0 Å². The van der Waals surface area contributed by atoms with Gasteiger partial charge in [-0.05, 0) is 61.3 Å². The number of rotatable bonds is 6. The molecule has 0 unspecified atom stereocenters. The molecule has 0 aliphatic carbocycles. The van der Waals surface area contributed by atoms with Crippen LogP contribution in [0.2, 0.25) is 0 Å². The number of anilines is 1. The molecule has 0 spiro atoms. The summed E-state index contributed by atoms with van der Waals surface area (Å²) in [6.45, 7) is 6.02. The van der Waals surface area contributed by atoms with Crippen LogP contribution in [0.5, 0.6) is 5.75 Å². The van der Waals surface area contributed by atoms with Crippen molar-refractivity contribution in [3.8, 4) is 5.75 Å². The normalized spacial score (nSPS) is 12.1. The fourth-order valence-electron chi connectivity index (χ4n) is 1.50. The minimum Gasteiger partial charge on any atom is -0.490 e. The zero-order valence-corrected chi connectivity index (χ0v) is 13.5. The Bertz CT molecular complexity index is 450. The molecule has 20 heavy (non-hydrogen) atoms. The Labute approximate surface area is 127 Å². The lowest BCUT2D eigenvalue weighted by molar-refractivity contribution is 0.184. The number of hydrogen-bond donors (Lipinski definition) is 3. The minimum absolute atomic E-state index is 0.0916. The first-order valence-corrected chi connectivity index (χ1v) is 7.37. The number of carbonyl (C=O) groups excluding carboxylic acids is 1. The van der Waals surface area contributed by atoms with Crippen LogP contribution < -0.4 is 15.4 Å². The van der Waals surface area contributed by atoms with Crippen molar-refractivity contribution in [3.63, 3.8) is 0 Å². The molecular formula is C14H21BrN2O3. The molecule has 5 nitrogen and oxygen atoms in total. The van der Waals surface area contributed by atoms with Gasteiger partial charge in [0.2, 0.25) is 0 Å². The smallest absolute Gasteiger partial charge is 0.319 e. The highest BCUT2D eigenvalue weighted by molar-refractivity contribution is 9.10. The summed E-state index contributed by atoms with van der Waals surface area (Å²) < 4.78 is 6.38. The summed E-state index contributed by atoms with van der Waals surface area (Å²) in [6.07, 6.45) is 0.198. The maximum absolute atomic E-state index is 11.6.